The molecule has 1 N–H and O–H groups in total. The molecule has 116 valence electrons. The second-order valence-corrected chi connectivity index (χ2v) is 5.19. The number of fused-ring (bicyclic) bond motifs is 1. The average molecular weight is 315 g/mol. The Balaban J connectivity index is 1.66. The summed E-state index contributed by atoms with van der Waals surface area (Å²) in [5.74, 6) is 0.800. The SMILES string of the molecule is O=C(Nc1cc(-n2cccn2)ncn1)c1cccc2ccccc12. The zero-order valence-electron chi connectivity index (χ0n) is 12.6. The Labute approximate surface area is 137 Å². The minimum absolute atomic E-state index is 0.211. The number of hydrogen-bond donors (Lipinski definition) is 1. The third-order valence-corrected chi connectivity index (χ3v) is 3.67. The highest BCUT2D eigenvalue weighted by molar-refractivity contribution is 6.12. The minimum atomic E-state index is -0.211. The average Bonchev–Trinajstić information content (AvgIpc) is 3.16. The van der Waals surface area contributed by atoms with E-state index in [1.54, 1.807) is 35.3 Å². The van der Waals surface area contributed by atoms with Gasteiger partial charge in [-0.1, -0.05) is 36.4 Å². The van der Waals surface area contributed by atoms with Gasteiger partial charge in [0.1, 0.15) is 12.1 Å². The van der Waals surface area contributed by atoms with Gasteiger partial charge in [0.2, 0.25) is 0 Å². The van der Waals surface area contributed by atoms with Gasteiger partial charge in [-0.05, 0) is 22.9 Å². The molecule has 0 radical (unpaired) electrons. The molecule has 2 heterocycles. The van der Waals surface area contributed by atoms with Crippen LogP contribution in [0.15, 0.2) is 73.3 Å². The molecule has 0 fully saturated rings. The molecule has 0 saturated carbocycles. The van der Waals surface area contributed by atoms with Crippen LogP contribution in [-0.4, -0.2) is 25.7 Å². The highest BCUT2D eigenvalue weighted by Gasteiger charge is 2.11. The van der Waals surface area contributed by atoms with Crippen LogP contribution < -0.4 is 5.32 Å². The van der Waals surface area contributed by atoms with Crippen LogP contribution in [0, 0.1) is 0 Å². The predicted octanol–water partition coefficient (Wildman–Crippen LogP) is 3.07. The molecule has 0 aliphatic carbocycles. The standard InChI is InChI=1S/C18H13N5O/c24-18(15-8-3-6-13-5-1-2-7-14(13)15)22-16-11-17(20-12-19-16)23-10-4-9-21-23/h1-12H,(H,19,20,22,24). The first-order valence-corrected chi connectivity index (χ1v) is 7.42. The van der Waals surface area contributed by atoms with Crippen LogP contribution >= 0.6 is 0 Å². The molecular formula is C18H13N5O. The lowest BCUT2D eigenvalue weighted by Gasteiger charge is -2.08. The van der Waals surface area contributed by atoms with Gasteiger partial charge in [0.25, 0.3) is 5.91 Å². The van der Waals surface area contributed by atoms with Crippen LogP contribution in [0.5, 0.6) is 0 Å². The first kappa shape index (κ1) is 14.1. The highest BCUT2D eigenvalue weighted by atomic mass is 16.1. The van der Waals surface area contributed by atoms with Crippen molar-refractivity contribution in [3.8, 4) is 5.82 Å². The van der Waals surface area contributed by atoms with E-state index in [1.165, 1.54) is 6.33 Å². The molecule has 4 aromatic rings. The monoisotopic (exact) mass is 315 g/mol. The second-order valence-electron chi connectivity index (χ2n) is 5.19. The van der Waals surface area contributed by atoms with Crippen molar-refractivity contribution in [3.05, 3.63) is 78.9 Å². The number of anilines is 1. The Morgan fingerprint density at radius 3 is 2.75 bits per heavy atom. The van der Waals surface area contributed by atoms with E-state index < -0.39 is 0 Å². The number of rotatable bonds is 3. The van der Waals surface area contributed by atoms with Crippen LogP contribution in [0.4, 0.5) is 5.82 Å². The normalized spacial score (nSPS) is 10.7. The van der Waals surface area contributed by atoms with Gasteiger partial charge in [-0.2, -0.15) is 5.10 Å². The zero-order chi connectivity index (χ0) is 16.4. The quantitative estimate of drug-likeness (QED) is 0.630. The highest BCUT2D eigenvalue weighted by Crippen LogP contribution is 2.19. The molecule has 0 spiro atoms. The number of nitrogens with zero attached hydrogens (tertiary/aromatic N) is 4. The first-order valence-electron chi connectivity index (χ1n) is 7.42. The van der Waals surface area contributed by atoms with Crippen LogP contribution in [0.2, 0.25) is 0 Å². The molecule has 6 nitrogen and oxygen atoms in total. The number of benzene rings is 2. The Morgan fingerprint density at radius 2 is 1.88 bits per heavy atom. The number of amides is 1. The maximum atomic E-state index is 12.6. The van der Waals surface area contributed by atoms with Gasteiger partial charge in [0, 0.05) is 24.0 Å². The van der Waals surface area contributed by atoms with Gasteiger partial charge < -0.3 is 5.32 Å². The lowest BCUT2D eigenvalue weighted by Crippen LogP contribution is -2.14. The van der Waals surface area contributed by atoms with Gasteiger partial charge in [-0.3, -0.25) is 4.79 Å². The molecule has 0 aliphatic rings. The summed E-state index contributed by atoms with van der Waals surface area (Å²) in [6.07, 6.45) is 4.84. The summed E-state index contributed by atoms with van der Waals surface area (Å²) in [4.78, 5) is 20.9. The van der Waals surface area contributed by atoms with Crippen molar-refractivity contribution in [3.63, 3.8) is 0 Å². The summed E-state index contributed by atoms with van der Waals surface area (Å²) in [5, 5.41) is 8.86. The van der Waals surface area contributed by atoms with Crippen molar-refractivity contribution in [1.82, 2.24) is 19.7 Å². The van der Waals surface area contributed by atoms with Gasteiger partial charge in [0.05, 0.1) is 0 Å². The van der Waals surface area contributed by atoms with E-state index in [2.05, 4.69) is 20.4 Å². The van der Waals surface area contributed by atoms with Gasteiger partial charge in [-0.25, -0.2) is 14.6 Å². The number of nitrogens with one attached hydrogen (secondary N) is 1. The van der Waals surface area contributed by atoms with Gasteiger partial charge in [0.15, 0.2) is 5.82 Å². The lowest BCUT2D eigenvalue weighted by molar-refractivity contribution is 0.102. The zero-order valence-corrected chi connectivity index (χ0v) is 12.6. The maximum Gasteiger partial charge on any atom is 0.257 e. The van der Waals surface area contributed by atoms with Crippen LogP contribution in [0.1, 0.15) is 10.4 Å². The lowest BCUT2D eigenvalue weighted by atomic mass is 10.0. The van der Waals surface area contributed by atoms with Gasteiger partial charge >= 0.3 is 0 Å². The van der Waals surface area contributed by atoms with Crippen molar-refractivity contribution in [2.24, 2.45) is 0 Å². The van der Waals surface area contributed by atoms with Crippen LogP contribution in [0.25, 0.3) is 16.6 Å². The largest absolute Gasteiger partial charge is 0.306 e. The molecule has 0 saturated heterocycles. The fourth-order valence-corrected chi connectivity index (χ4v) is 2.55. The van der Waals surface area contributed by atoms with Gasteiger partial charge in [-0.15, -0.1) is 0 Å². The Bertz CT molecular complexity index is 1010. The van der Waals surface area contributed by atoms with Crippen molar-refractivity contribution in [1.29, 1.82) is 0 Å². The first-order chi connectivity index (χ1) is 11.8. The molecule has 0 unspecified atom stereocenters. The van der Waals surface area contributed by atoms with Crippen LogP contribution in [-0.2, 0) is 0 Å². The molecule has 0 bridgehead atoms. The fourth-order valence-electron chi connectivity index (χ4n) is 2.55. The van der Waals surface area contributed by atoms with E-state index in [0.29, 0.717) is 17.2 Å². The van der Waals surface area contributed by atoms with E-state index in [0.717, 1.165) is 10.8 Å². The van der Waals surface area contributed by atoms with Crippen LogP contribution in [0.3, 0.4) is 0 Å². The molecule has 0 atom stereocenters. The molecule has 4 rings (SSSR count). The predicted molar refractivity (Wildman–Crippen MR) is 91.1 cm³/mol. The van der Waals surface area contributed by atoms with Crippen molar-refractivity contribution < 1.29 is 4.79 Å². The van der Waals surface area contributed by atoms with E-state index in [1.807, 2.05) is 36.4 Å². The topological polar surface area (TPSA) is 72.7 Å². The molecule has 24 heavy (non-hydrogen) atoms. The van der Waals surface area contributed by atoms with Crippen molar-refractivity contribution >= 4 is 22.5 Å². The van der Waals surface area contributed by atoms with Crippen molar-refractivity contribution in [2.75, 3.05) is 5.32 Å². The fraction of sp³-hybridized carbons (Fsp3) is 0. The summed E-state index contributed by atoms with van der Waals surface area (Å²) >= 11 is 0. The molecule has 6 heteroatoms. The number of aromatic nitrogens is 4. The minimum Gasteiger partial charge on any atom is -0.306 e. The van der Waals surface area contributed by atoms with E-state index in [4.69, 9.17) is 0 Å². The summed E-state index contributed by atoms with van der Waals surface area (Å²) < 4.78 is 1.61. The Hall–Kier alpha value is -3.54. The molecule has 2 aromatic heterocycles. The summed E-state index contributed by atoms with van der Waals surface area (Å²) in [6.45, 7) is 0. The second kappa shape index (κ2) is 5.92. The Kier molecular flexibility index (Phi) is 3.47. The van der Waals surface area contributed by atoms with Crippen molar-refractivity contribution in [2.45, 2.75) is 0 Å². The molecule has 0 aliphatic heterocycles. The number of carbonyl (C=O) groups excluding carboxylic acids is 1. The molecule has 2 aromatic carbocycles. The van der Waals surface area contributed by atoms with E-state index in [-0.39, 0.29) is 5.91 Å². The summed E-state index contributed by atoms with van der Waals surface area (Å²) in [6, 6.07) is 16.9. The number of hydrogen-bond acceptors (Lipinski definition) is 4. The third kappa shape index (κ3) is 2.61. The number of carbonyl (C=O) groups is 1. The van der Waals surface area contributed by atoms with E-state index in [9.17, 15) is 4.79 Å². The maximum absolute atomic E-state index is 12.6. The summed E-state index contributed by atoms with van der Waals surface area (Å²) in [5.41, 5.74) is 0.604. The molecular weight excluding hydrogens is 302 g/mol. The molecule has 1 amide bonds. The third-order valence-electron chi connectivity index (χ3n) is 3.67. The van der Waals surface area contributed by atoms with E-state index >= 15 is 0 Å². The smallest absolute Gasteiger partial charge is 0.257 e. The summed E-state index contributed by atoms with van der Waals surface area (Å²) in [7, 11) is 0. The Morgan fingerprint density at radius 1 is 1.00 bits per heavy atom.